The summed E-state index contributed by atoms with van der Waals surface area (Å²) >= 11 is 3.47. The van der Waals surface area contributed by atoms with Gasteiger partial charge in [0.15, 0.2) is 6.61 Å². The third-order valence-electron chi connectivity index (χ3n) is 5.50. The van der Waals surface area contributed by atoms with Gasteiger partial charge in [0.05, 0.1) is 7.11 Å². The summed E-state index contributed by atoms with van der Waals surface area (Å²) in [6.45, 7) is 2.01. The van der Waals surface area contributed by atoms with Gasteiger partial charge in [0.1, 0.15) is 17.5 Å². The number of nitrogens with zero attached hydrogens (tertiary/aromatic N) is 1. The molecule has 0 aliphatic rings. The van der Waals surface area contributed by atoms with Gasteiger partial charge in [0, 0.05) is 24.5 Å². The molecular formula is C27H29BrN2O4. The van der Waals surface area contributed by atoms with E-state index in [1.165, 1.54) is 0 Å². The molecule has 0 bridgehead atoms. The van der Waals surface area contributed by atoms with Crippen LogP contribution in [0.1, 0.15) is 16.7 Å². The fourth-order valence-corrected chi connectivity index (χ4v) is 3.87. The number of ether oxygens (including phenoxy) is 2. The second kappa shape index (κ2) is 12.2. The molecule has 0 aromatic heterocycles. The molecule has 3 aromatic carbocycles. The smallest absolute Gasteiger partial charge is 0.261 e. The Morgan fingerprint density at radius 1 is 0.971 bits per heavy atom. The number of carbonyl (C=O) groups excluding carboxylic acids is 2. The first-order valence-corrected chi connectivity index (χ1v) is 11.8. The van der Waals surface area contributed by atoms with Crippen molar-refractivity contribution in [2.24, 2.45) is 0 Å². The van der Waals surface area contributed by atoms with Crippen LogP contribution in [0.15, 0.2) is 77.3 Å². The van der Waals surface area contributed by atoms with E-state index in [9.17, 15) is 9.59 Å². The molecule has 1 atom stereocenters. The SMILES string of the molecule is CNC(=O)C(Cc1ccccc1)N(Cc1cccc(OC)c1)C(=O)COc1ccc(Br)c(C)c1. The second-order valence-electron chi connectivity index (χ2n) is 7.89. The standard InChI is InChI=1S/C27H29BrN2O4/c1-19-14-23(12-13-24(19)28)34-18-26(31)30(17-21-10-7-11-22(15-21)33-3)25(27(32)29-2)16-20-8-5-4-6-9-20/h4-15,25H,16-18H2,1-3H3,(H,29,32). The molecule has 0 fully saturated rings. The van der Waals surface area contributed by atoms with Crippen molar-refractivity contribution in [3.8, 4) is 11.5 Å². The molecule has 2 amide bonds. The normalized spacial score (nSPS) is 11.4. The van der Waals surface area contributed by atoms with Crippen molar-refractivity contribution in [2.45, 2.75) is 25.9 Å². The van der Waals surface area contributed by atoms with E-state index in [0.29, 0.717) is 17.9 Å². The molecule has 0 saturated carbocycles. The van der Waals surface area contributed by atoms with Crippen LogP contribution in [0.2, 0.25) is 0 Å². The monoisotopic (exact) mass is 524 g/mol. The predicted octanol–water partition coefficient (Wildman–Crippen LogP) is 4.53. The summed E-state index contributed by atoms with van der Waals surface area (Å²) in [6.07, 6.45) is 0.383. The lowest BCUT2D eigenvalue weighted by atomic mass is 10.0. The third kappa shape index (κ3) is 6.84. The van der Waals surface area contributed by atoms with Gasteiger partial charge in [-0.25, -0.2) is 0 Å². The summed E-state index contributed by atoms with van der Waals surface area (Å²) in [7, 11) is 3.18. The van der Waals surface area contributed by atoms with E-state index < -0.39 is 6.04 Å². The van der Waals surface area contributed by atoms with E-state index in [4.69, 9.17) is 9.47 Å². The minimum absolute atomic E-state index is 0.187. The molecule has 1 N–H and O–H groups in total. The van der Waals surface area contributed by atoms with Crippen molar-refractivity contribution in [3.05, 3.63) is 94.0 Å². The van der Waals surface area contributed by atoms with Crippen molar-refractivity contribution < 1.29 is 19.1 Å². The number of hydrogen-bond acceptors (Lipinski definition) is 4. The van der Waals surface area contributed by atoms with Crippen molar-refractivity contribution >= 4 is 27.7 Å². The zero-order valence-electron chi connectivity index (χ0n) is 19.6. The number of likely N-dealkylation sites (N-methyl/N-ethyl adjacent to an activating group) is 1. The lowest BCUT2D eigenvalue weighted by molar-refractivity contribution is -0.142. The minimum Gasteiger partial charge on any atom is -0.497 e. The minimum atomic E-state index is -0.707. The summed E-state index contributed by atoms with van der Waals surface area (Å²) in [5.41, 5.74) is 2.82. The fraction of sp³-hybridized carbons (Fsp3) is 0.259. The Balaban J connectivity index is 1.88. The Morgan fingerprint density at radius 2 is 1.71 bits per heavy atom. The summed E-state index contributed by atoms with van der Waals surface area (Å²) < 4.78 is 12.1. The van der Waals surface area contributed by atoms with E-state index in [1.807, 2.05) is 73.7 Å². The quantitative estimate of drug-likeness (QED) is 0.423. The van der Waals surface area contributed by atoms with Gasteiger partial charge in [-0.15, -0.1) is 0 Å². The molecule has 6 nitrogen and oxygen atoms in total. The molecule has 0 aliphatic heterocycles. The highest BCUT2D eigenvalue weighted by atomic mass is 79.9. The van der Waals surface area contributed by atoms with Crippen LogP contribution >= 0.6 is 15.9 Å². The number of benzene rings is 3. The number of carbonyl (C=O) groups is 2. The molecule has 34 heavy (non-hydrogen) atoms. The first-order chi connectivity index (χ1) is 16.4. The molecule has 0 spiro atoms. The van der Waals surface area contributed by atoms with E-state index in [2.05, 4.69) is 21.2 Å². The maximum absolute atomic E-state index is 13.5. The number of amides is 2. The van der Waals surface area contributed by atoms with E-state index in [0.717, 1.165) is 21.2 Å². The molecule has 7 heteroatoms. The summed E-state index contributed by atoms with van der Waals surface area (Å²) in [5.74, 6) is 0.758. The van der Waals surface area contributed by atoms with Gasteiger partial charge in [-0.2, -0.15) is 0 Å². The predicted molar refractivity (Wildman–Crippen MR) is 136 cm³/mol. The van der Waals surface area contributed by atoms with Gasteiger partial charge >= 0.3 is 0 Å². The first-order valence-electron chi connectivity index (χ1n) is 11.0. The number of nitrogens with one attached hydrogen (secondary N) is 1. The molecule has 178 valence electrons. The summed E-state index contributed by atoms with van der Waals surface area (Å²) in [6, 6.07) is 22.0. The summed E-state index contributed by atoms with van der Waals surface area (Å²) in [5, 5.41) is 2.71. The van der Waals surface area contributed by atoms with Crippen LogP contribution in [0.4, 0.5) is 0 Å². The Labute approximate surface area is 209 Å². The molecule has 1 unspecified atom stereocenters. The van der Waals surface area contributed by atoms with Gasteiger partial charge < -0.3 is 19.7 Å². The third-order valence-corrected chi connectivity index (χ3v) is 6.39. The van der Waals surface area contributed by atoms with Crippen LogP contribution in [0.3, 0.4) is 0 Å². The fourth-order valence-electron chi connectivity index (χ4n) is 3.62. The van der Waals surface area contributed by atoms with Gasteiger partial charge in [0.2, 0.25) is 5.91 Å². The number of hydrogen-bond donors (Lipinski definition) is 1. The van der Waals surface area contributed by atoms with Crippen molar-refractivity contribution in [1.82, 2.24) is 10.2 Å². The molecular weight excluding hydrogens is 496 g/mol. The number of halogens is 1. The first kappa shape index (κ1) is 25.3. The average molecular weight is 525 g/mol. The second-order valence-corrected chi connectivity index (χ2v) is 8.75. The Hall–Kier alpha value is -3.32. The maximum atomic E-state index is 13.5. The summed E-state index contributed by atoms with van der Waals surface area (Å²) in [4.78, 5) is 28.0. The largest absolute Gasteiger partial charge is 0.497 e. The number of aryl methyl sites for hydroxylation is 1. The average Bonchev–Trinajstić information content (AvgIpc) is 2.86. The van der Waals surface area contributed by atoms with E-state index >= 15 is 0 Å². The van der Waals surface area contributed by atoms with Gasteiger partial charge in [-0.3, -0.25) is 9.59 Å². The van der Waals surface area contributed by atoms with Crippen molar-refractivity contribution in [3.63, 3.8) is 0 Å². The maximum Gasteiger partial charge on any atom is 0.261 e. The zero-order valence-corrected chi connectivity index (χ0v) is 21.2. The van der Waals surface area contributed by atoms with Gasteiger partial charge in [-0.05, 0) is 53.9 Å². The van der Waals surface area contributed by atoms with Gasteiger partial charge in [-0.1, -0.05) is 58.4 Å². The Morgan fingerprint density at radius 3 is 2.38 bits per heavy atom. The molecule has 0 saturated heterocycles. The lowest BCUT2D eigenvalue weighted by Gasteiger charge is -2.31. The van der Waals surface area contributed by atoms with Crippen LogP contribution < -0.4 is 14.8 Å². The van der Waals surface area contributed by atoms with Crippen LogP contribution in [0.25, 0.3) is 0 Å². The highest BCUT2D eigenvalue weighted by Gasteiger charge is 2.30. The van der Waals surface area contributed by atoms with Crippen LogP contribution in [-0.4, -0.2) is 43.5 Å². The van der Waals surface area contributed by atoms with E-state index in [1.54, 1.807) is 25.1 Å². The molecule has 0 aliphatic carbocycles. The molecule has 3 rings (SSSR count). The van der Waals surface area contributed by atoms with Crippen LogP contribution in [0, 0.1) is 6.92 Å². The Bertz CT molecular complexity index is 1120. The van der Waals surface area contributed by atoms with E-state index in [-0.39, 0.29) is 25.0 Å². The van der Waals surface area contributed by atoms with Crippen molar-refractivity contribution in [1.29, 1.82) is 0 Å². The molecule has 3 aromatic rings. The van der Waals surface area contributed by atoms with Crippen molar-refractivity contribution in [2.75, 3.05) is 20.8 Å². The highest BCUT2D eigenvalue weighted by Crippen LogP contribution is 2.22. The zero-order chi connectivity index (χ0) is 24.5. The highest BCUT2D eigenvalue weighted by molar-refractivity contribution is 9.10. The van der Waals surface area contributed by atoms with Crippen LogP contribution in [0.5, 0.6) is 11.5 Å². The number of methoxy groups -OCH3 is 1. The molecule has 0 radical (unpaired) electrons. The number of rotatable bonds is 10. The molecule has 0 heterocycles. The topological polar surface area (TPSA) is 67.9 Å². The Kier molecular flexibility index (Phi) is 9.10. The van der Waals surface area contributed by atoms with Crippen LogP contribution in [-0.2, 0) is 22.6 Å². The lowest BCUT2D eigenvalue weighted by Crippen LogP contribution is -2.51. The van der Waals surface area contributed by atoms with Gasteiger partial charge in [0.25, 0.3) is 5.91 Å².